The molecule has 0 aliphatic rings. The van der Waals surface area contributed by atoms with Crippen LogP contribution in [0.25, 0.3) is 6.08 Å². The first kappa shape index (κ1) is 22.7. The molecule has 0 saturated heterocycles. The molecule has 1 aromatic carbocycles. The summed E-state index contributed by atoms with van der Waals surface area (Å²) in [4.78, 5) is 28.5. The molecule has 0 aliphatic heterocycles. The number of likely N-dealkylation sites (N-methyl/N-ethyl adjacent to an activating group) is 1. The van der Waals surface area contributed by atoms with E-state index in [1.807, 2.05) is 24.3 Å². The minimum Gasteiger partial charge on any atom is -0.497 e. The van der Waals surface area contributed by atoms with Gasteiger partial charge in [0.15, 0.2) is 0 Å². The van der Waals surface area contributed by atoms with Crippen LogP contribution < -0.4 is 4.74 Å². The average Bonchev–Trinajstić information content (AvgIpc) is 2.71. The van der Waals surface area contributed by atoms with Crippen LogP contribution in [0.4, 0.5) is 0 Å². The zero-order valence-electron chi connectivity index (χ0n) is 17.1. The summed E-state index contributed by atoms with van der Waals surface area (Å²) in [5, 5.41) is 0. The molecule has 0 bridgehead atoms. The lowest BCUT2D eigenvalue weighted by atomic mass is 10.1. The zero-order valence-corrected chi connectivity index (χ0v) is 17.1. The fourth-order valence-electron chi connectivity index (χ4n) is 2.72. The Hall–Kier alpha value is -2.34. The third-order valence-corrected chi connectivity index (χ3v) is 4.50. The molecule has 0 aromatic heterocycles. The zero-order chi connectivity index (χ0) is 20.2. The number of benzene rings is 1. The summed E-state index contributed by atoms with van der Waals surface area (Å²) in [6, 6.07) is 7.50. The number of amides is 1. The van der Waals surface area contributed by atoms with E-state index in [4.69, 9.17) is 9.47 Å². The van der Waals surface area contributed by atoms with E-state index in [9.17, 15) is 9.59 Å². The van der Waals surface area contributed by atoms with Crippen LogP contribution in [0.3, 0.4) is 0 Å². The summed E-state index contributed by atoms with van der Waals surface area (Å²) in [5.41, 5.74) is 0.882. The van der Waals surface area contributed by atoms with Crippen molar-refractivity contribution in [2.24, 2.45) is 5.92 Å². The second kappa shape index (κ2) is 12.1. The van der Waals surface area contributed by atoms with Crippen LogP contribution >= 0.6 is 0 Å². The number of methoxy groups -OCH3 is 2. The van der Waals surface area contributed by atoms with Gasteiger partial charge in [-0.25, -0.2) is 0 Å². The molecule has 27 heavy (non-hydrogen) atoms. The molecule has 0 N–H and O–H groups in total. The molecule has 1 rings (SSSR count). The monoisotopic (exact) mass is 376 g/mol. The molecule has 0 spiro atoms. The molecule has 1 aromatic rings. The molecule has 1 atom stereocenters. The van der Waals surface area contributed by atoms with Crippen molar-refractivity contribution >= 4 is 18.0 Å². The quantitative estimate of drug-likeness (QED) is 0.439. The number of nitrogens with zero attached hydrogens (tertiary/aromatic N) is 2. The Morgan fingerprint density at radius 3 is 2.44 bits per heavy atom. The van der Waals surface area contributed by atoms with E-state index in [1.165, 1.54) is 7.11 Å². The van der Waals surface area contributed by atoms with Crippen LogP contribution in [0.15, 0.2) is 30.3 Å². The lowest BCUT2D eigenvalue weighted by Crippen LogP contribution is -2.41. The Morgan fingerprint density at radius 2 is 1.85 bits per heavy atom. The minimum atomic E-state index is -0.374. The predicted molar refractivity (Wildman–Crippen MR) is 108 cm³/mol. The first-order valence-corrected chi connectivity index (χ1v) is 9.36. The summed E-state index contributed by atoms with van der Waals surface area (Å²) in [6.07, 6.45) is 3.30. The van der Waals surface area contributed by atoms with Crippen molar-refractivity contribution in [3.63, 3.8) is 0 Å². The Labute approximate surface area is 162 Å². The Bertz CT molecular complexity index is 626. The van der Waals surface area contributed by atoms with Gasteiger partial charge in [-0.05, 0) is 36.9 Å². The van der Waals surface area contributed by atoms with E-state index in [1.54, 1.807) is 31.1 Å². The van der Waals surface area contributed by atoms with Crippen molar-refractivity contribution in [3.05, 3.63) is 35.9 Å². The van der Waals surface area contributed by atoms with Crippen LogP contribution in [0.1, 0.15) is 26.3 Å². The van der Waals surface area contributed by atoms with Gasteiger partial charge in [-0.15, -0.1) is 0 Å². The number of carbonyl (C=O) groups excluding carboxylic acids is 2. The molecule has 1 amide bonds. The molecular weight excluding hydrogens is 344 g/mol. The topological polar surface area (TPSA) is 59.1 Å². The van der Waals surface area contributed by atoms with E-state index < -0.39 is 0 Å². The van der Waals surface area contributed by atoms with Crippen LogP contribution in [0.5, 0.6) is 5.75 Å². The van der Waals surface area contributed by atoms with Gasteiger partial charge < -0.3 is 19.3 Å². The van der Waals surface area contributed by atoms with Crippen molar-refractivity contribution in [1.82, 2.24) is 9.80 Å². The Morgan fingerprint density at radius 1 is 1.15 bits per heavy atom. The van der Waals surface area contributed by atoms with Gasteiger partial charge in [0, 0.05) is 25.7 Å². The highest BCUT2D eigenvalue weighted by molar-refractivity contribution is 5.92. The van der Waals surface area contributed by atoms with Gasteiger partial charge in [0.25, 0.3) is 0 Å². The van der Waals surface area contributed by atoms with Crippen LogP contribution in [0, 0.1) is 5.92 Å². The molecule has 0 heterocycles. The van der Waals surface area contributed by atoms with Gasteiger partial charge in [0.05, 0.1) is 20.1 Å². The SMILES string of the molecule is CCN(CC)CCN(CC(C)C(=O)OC)C(=O)/C=C/c1cccc(OC)c1. The van der Waals surface area contributed by atoms with Crippen LogP contribution in [-0.2, 0) is 14.3 Å². The van der Waals surface area contributed by atoms with Gasteiger partial charge >= 0.3 is 5.97 Å². The number of rotatable bonds is 11. The predicted octanol–water partition coefficient (Wildman–Crippen LogP) is 2.69. The van der Waals surface area contributed by atoms with E-state index in [2.05, 4.69) is 18.7 Å². The number of hydrogen-bond acceptors (Lipinski definition) is 5. The molecular formula is C21H32N2O4. The van der Waals surface area contributed by atoms with Gasteiger partial charge in [-0.1, -0.05) is 32.9 Å². The maximum atomic E-state index is 12.7. The molecule has 150 valence electrons. The Balaban J connectivity index is 2.86. The lowest BCUT2D eigenvalue weighted by molar-refractivity contribution is -0.146. The first-order chi connectivity index (χ1) is 12.9. The summed E-state index contributed by atoms with van der Waals surface area (Å²) in [7, 11) is 2.97. The van der Waals surface area contributed by atoms with Crippen LogP contribution in [0.2, 0.25) is 0 Å². The molecule has 0 radical (unpaired) electrons. The first-order valence-electron chi connectivity index (χ1n) is 9.36. The normalized spacial score (nSPS) is 12.2. The van der Waals surface area contributed by atoms with Crippen molar-refractivity contribution in [2.75, 3.05) is 46.9 Å². The lowest BCUT2D eigenvalue weighted by Gasteiger charge is -2.27. The molecule has 0 aliphatic carbocycles. The second-order valence-corrected chi connectivity index (χ2v) is 6.35. The molecule has 0 fully saturated rings. The second-order valence-electron chi connectivity index (χ2n) is 6.35. The van der Waals surface area contributed by atoms with Gasteiger partial charge in [-0.2, -0.15) is 0 Å². The summed E-state index contributed by atoms with van der Waals surface area (Å²) in [6.45, 7) is 9.45. The largest absolute Gasteiger partial charge is 0.497 e. The molecule has 6 nitrogen and oxygen atoms in total. The van der Waals surface area contributed by atoms with E-state index >= 15 is 0 Å². The van der Waals surface area contributed by atoms with Gasteiger partial charge in [0.2, 0.25) is 5.91 Å². The van der Waals surface area contributed by atoms with Gasteiger partial charge in [0.1, 0.15) is 5.75 Å². The van der Waals surface area contributed by atoms with Gasteiger partial charge in [-0.3, -0.25) is 9.59 Å². The maximum Gasteiger partial charge on any atom is 0.310 e. The number of ether oxygens (including phenoxy) is 2. The Kier molecular flexibility index (Phi) is 10.2. The molecule has 1 unspecified atom stereocenters. The van der Waals surface area contributed by atoms with Crippen molar-refractivity contribution in [2.45, 2.75) is 20.8 Å². The highest BCUT2D eigenvalue weighted by atomic mass is 16.5. The summed E-state index contributed by atoms with van der Waals surface area (Å²) in [5.74, 6) is -0.0729. The minimum absolute atomic E-state index is 0.124. The maximum absolute atomic E-state index is 12.7. The van der Waals surface area contributed by atoms with Crippen molar-refractivity contribution in [1.29, 1.82) is 0 Å². The highest BCUT2D eigenvalue weighted by Crippen LogP contribution is 2.14. The third kappa shape index (κ3) is 7.83. The van der Waals surface area contributed by atoms with E-state index in [0.717, 1.165) is 30.9 Å². The molecule has 6 heteroatoms. The fourth-order valence-corrected chi connectivity index (χ4v) is 2.72. The fraction of sp³-hybridized carbons (Fsp3) is 0.524. The third-order valence-electron chi connectivity index (χ3n) is 4.50. The standard InChI is InChI=1S/C21H32N2O4/c1-6-22(7-2)13-14-23(16-17(3)21(25)27-5)20(24)12-11-18-9-8-10-19(15-18)26-4/h8-12,15,17H,6-7,13-14,16H2,1-5H3/b12-11+. The smallest absolute Gasteiger partial charge is 0.310 e. The average molecular weight is 376 g/mol. The number of hydrogen-bond donors (Lipinski definition) is 0. The number of esters is 1. The van der Waals surface area contributed by atoms with Crippen LogP contribution in [-0.4, -0.2) is 68.6 Å². The molecule has 0 saturated carbocycles. The summed E-state index contributed by atoms with van der Waals surface area (Å²) < 4.78 is 10.0. The summed E-state index contributed by atoms with van der Waals surface area (Å²) >= 11 is 0. The van der Waals surface area contributed by atoms with E-state index in [-0.39, 0.29) is 17.8 Å². The van der Waals surface area contributed by atoms with Crippen molar-refractivity contribution < 1.29 is 19.1 Å². The van der Waals surface area contributed by atoms with Crippen molar-refractivity contribution in [3.8, 4) is 5.75 Å². The highest BCUT2D eigenvalue weighted by Gasteiger charge is 2.20. The number of carbonyl (C=O) groups is 2. The van der Waals surface area contributed by atoms with E-state index in [0.29, 0.717) is 13.1 Å².